The van der Waals surface area contributed by atoms with Crippen LogP contribution in [0.2, 0.25) is 0 Å². The molecule has 0 aromatic rings. The van der Waals surface area contributed by atoms with Gasteiger partial charge in [-0.15, -0.1) is 0 Å². The van der Waals surface area contributed by atoms with E-state index in [1.54, 1.807) is 11.0 Å². The van der Waals surface area contributed by atoms with Crippen LogP contribution in [-0.4, -0.2) is 41.1 Å². The van der Waals surface area contributed by atoms with Crippen molar-refractivity contribution in [1.82, 2.24) is 4.90 Å². The normalized spacial score (nSPS) is 42.4. The number of aliphatic carboxylic acids is 1. The first-order valence-corrected chi connectivity index (χ1v) is 6.38. The molecule has 1 amide bonds. The fraction of sp³-hybridized carbons (Fsp3) is 0.692. The number of carbonyl (C=O) groups excluding carboxylic acids is 2. The van der Waals surface area contributed by atoms with E-state index in [9.17, 15) is 14.7 Å². The standard InChI is InChI=1S/C13H17NO4/c1-3-7(2)14-6-13-5-4-8(18-13)9(12(16)17)10(13)11(14)15/h4-5,7-10H,3,6H2,1-2H3,(H,16,17)/p-1/t7-,8+,9-,10+,13-/m0/s1. The lowest BCUT2D eigenvalue weighted by Gasteiger charge is -2.26. The predicted molar refractivity (Wildman–Crippen MR) is 60.2 cm³/mol. The summed E-state index contributed by atoms with van der Waals surface area (Å²) in [7, 11) is 0. The monoisotopic (exact) mass is 250 g/mol. The van der Waals surface area contributed by atoms with Gasteiger partial charge in [-0.1, -0.05) is 19.1 Å². The number of carbonyl (C=O) groups is 2. The van der Waals surface area contributed by atoms with E-state index < -0.39 is 29.5 Å². The fourth-order valence-electron chi connectivity index (χ4n) is 3.39. The third-order valence-electron chi connectivity index (χ3n) is 4.52. The number of rotatable bonds is 3. The SMILES string of the molecule is CC[C@H](C)N1C[C@]23C=C[C@@H](O2)[C@H](C(=O)[O-])[C@@H]3C1=O. The van der Waals surface area contributed by atoms with Crippen molar-refractivity contribution < 1.29 is 19.4 Å². The minimum Gasteiger partial charge on any atom is -0.550 e. The molecule has 0 aliphatic carbocycles. The van der Waals surface area contributed by atoms with Crippen molar-refractivity contribution in [1.29, 1.82) is 0 Å². The Morgan fingerprint density at radius 1 is 1.72 bits per heavy atom. The highest BCUT2D eigenvalue weighted by Crippen LogP contribution is 2.52. The minimum atomic E-state index is -1.18. The van der Waals surface area contributed by atoms with Crippen molar-refractivity contribution in [3.05, 3.63) is 12.2 Å². The van der Waals surface area contributed by atoms with Crippen molar-refractivity contribution in [2.75, 3.05) is 6.54 Å². The third kappa shape index (κ3) is 1.25. The molecule has 3 rings (SSSR count). The Kier molecular flexibility index (Phi) is 2.32. The van der Waals surface area contributed by atoms with E-state index in [1.165, 1.54) is 0 Å². The second-order valence-corrected chi connectivity index (χ2v) is 5.44. The lowest BCUT2D eigenvalue weighted by molar-refractivity contribution is -0.313. The fourth-order valence-corrected chi connectivity index (χ4v) is 3.39. The van der Waals surface area contributed by atoms with Crippen molar-refractivity contribution in [3.8, 4) is 0 Å². The number of nitrogens with zero attached hydrogens (tertiary/aromatic N) is 1. The molecule has 0 saturated carbocycles. The van der Waals surface area contributed by atoms with Gasteiger partial charge in [-0.2, -0.15) is 0 Å². The number of amides is 1. The number of carboxylic acids is 1. The maximum Gasteiger partial charge on any atom is 0.230 e. The Bertz CT molecular complexity index is 446. The van der Waals surface area contributed by atoms with Crippen LogP contribution < -0.4 is 5.11 Å². The van der Waals surface area contributed by atoms with Crippen LogP contribution >= 0.6 is 0 Å². The van der Waals surface area contributed by atoms with E-state index >= 15 is 0 Å². The molecule has 0 aromatic heterocycles. The van der Waals surface area contributed by atoms with Crippen LogP contribution in [0.1, 0.15) is 20.3 Å². The minimum absolute atomic E-state index is 0.106. The van der Waals surface area contributed by atoms with E-state index in [2.05, 4.69) is 0 Å². The van der Waals surface area contributed by atoms with Crippen molar-refractivity contribution in [3.63, 3.8) is 0 Å². The van der Waals surface area contributed by atoms with E-state index in [0.29, 0.717) is 6.54 Å². The van der Waals surface area contributed by atoms with Crippen LogP contribution in [0.4, 0.5) is 0 Å². The molecule has 0 unspecified atom stereocenters. The second kappa shape index (κ2) is 3.57. The van der Waals surface area contributed by atoms with Crippen LogP contribution in [0.15, 0.2) is 12.2 Å². The highest BCUT2D eigenvalue weighted by molar-refractivity contribution is 5.90. The number of ether oxygens (including phenoxy) is 1. The molecule has 5 nitrogen and oxygen atoms in total. The molecule has 98 valence electrons. The molecule has 0 radical (unpaired) electrons. The Morgan fingerprint density at radius 2 is 2.44 bits per heavy atom. The number of hydrogen-bond acceptors (Lipinski definition) is 4. The highest BCUT2D eigenvalue weighted by Gasteiger charge is 2.65. The molecular formula is C13H16NO4-. The largest absolute Gasteiger partial charge is 0.550 e. The summed E-state index contributed by atoms with van der Waals surface area (Å²) in [5, 5.41) is 11.2. The first-order chi connectivity index (χ1) is 8.50. The molecule has 5 heteroatoms. The summed E-state index contributed by atoms with van der Waals surface area (Å²) in [6, 6.07) is 0.107. The van der Waals surface area contributed by atoms with Gasteiger partial charge in [0.05, 0.1) is 18.6 Å². The molecule has 3 heterocycles. The van der Waals surface area contributed by atoms with Gasteiger partial charge in [0, 0.05) is 17.9 Å². The quantitative estimate of drug-likeness (QED) is 0.622. The third-order valence-corrected chi connectivity index (χ3v) is 4.52. The first kappa shape index (κ1) is 11.7. The van der Waals surface area contributed by atoms with Crippen molar-refractivity contribution in [2.45, 2.75) is 38.0 Å². The summed E-state index contributed by atoms with van der Waals surface area (Å²) in [5.41, 5.74) is -0.726. The lowest BCUT2D eigenvalue weighted by Crippen LogP contribution is -2.45. The van der Waals surface area contributed by atoms with Crippen molar-refractivity contribution >= 4 is 11.9 Å². The summed E-state index contributed by atoms with van der Waals surface area (Å²) in [6.45, 7) is 4.44. The zero-order chi connectivity index (χ0) is 13.1. The summed E-state index contributed by atoms with van der Waals surface area (Å²) in [6.07, 6.45) is 3.97. The van der Waals surface area contributed by atoms with E-state index in [-0.39, 0.29) is 11.9 Å². The number of fused-ring (bicyclic) bond motifs is 1. The Labute approximate surface area is 105 Å². The zero-order valence-corrected chi connectivity index (χ0v) is 10.5. The number of hydrogen-bond donors (Lipinski definition) is 0. The summed E-state index contributed by atoms with van der Waals surface area (Å²) in [4.78, 5) is 25.4. The lowest BCUT2D eigenvalue weighted by atomic mass is 9.77. The first-order valence-electron chi connectivity index (χ1n) is 6.38. The molecule has 0 aromatic carbocycles. The van der Waals surface area contributed by atoms with Gasteiger partial charge in [-0.05, 0) is 13.3 Å². The van der Waals surface area contributed by atoms with Gasteiger partial charge in [-0.25, -0.2) is 0 Å². The van der Waals surface area contributed by atoms with Gasteiger partial charge in [0.2, 0.25) is 5.91 Å². The highest BCUT2D eigenvalue weighted by atomic mass is 16.5. The Balaban J connectivity index is 1.97. The molecule has 3 aliphatic heterocycles. The Morgan fingerprint density at radius 3 is 3.06 bits per heavy atom. The average Bonchev–Trinajstić information content (AvgIpc) is 2.96. The average molecular weight is 250 g/mol. The van der Waals surface area contributed by atoms with Gasteiger partial charge in [-0.3, -0.25) is 4.79 Å². The van der Waals surface area contributed by atoms with Gasteiger partial charge in [0.15, 0.2) is 0 Å². The van der Waals surface area contributed by atoms with E-state index in [4.69, 9.17) is 4.74 Å². The zero-order valence-electron chi connectivity index (χ0n) is 10.5. The smallest absolute Gasteiger partial charge is 0.230 e. The van der Waals surface area contributed by atoms with Crippen LogP contribution in [0, 0.1) is 11.8 Å². The summed E-state index contributed by atoms with van der Waals surface area (Å²) >= 11 is 0. The number of carboxylic acid groups (broad SMARTS) is 1. The maximum atomic E-state index is 12.4. The molecule has 2 bridgehead atoms. The topological polar surface area (TPSA) is 69.7 Å². The van der Waals surface area contributed by atoms with E-state index in [0.717, 1.165) is 6.42 Å². The van der Waals surface area contributed by atoms with Crippen molar-refractivity contribution in [2.24, 2.45) is 11.8 Å². The van der Waals surface area contributed by atoms with E-state index in [1.807, 2.05) is 19.9 Å². The molecule has 5 atom stereocenters. The molecule has 3 aliphatic rings. The summed E-state index contributed by atoms with van der Waals surface area (Å²) in [5.74, 6) is -2.73. The van der Waals surface area contributed by atoms with Gasteiger partial charge >= 0.3 is 0 Å². The van der Waals surface area contributed by atoms with Crippen LogP contribution in [0.25, 0.3) is 0 Å². The molecular weight excluding hydrogens is 234 g/mol. The summed E-state index contributed by atoms with van der Waals surface area (Å²) < 4.78 is 5.76. The van der Waals surface area contributed by atoms with Crippen LogP contribution in [-0.2, 0) is 14.3 Å². The molecule has 0 N–H and O–H groups in total. The molecule has 2 fully saturated rings. The van der Waals surface area contributed by atoms with Crippen LogP contribution in [0.3, 0.4) is 0 Å². The maximum absolute atomic E-state index is 12.4. The Hall–Kier alpha value is -1.36. The number of likely N-dealkylation sites (tertiary alicyclic amines) is 1. The predicted octanol–water partition coefficient (Wildman–Crippen LogP) is -0.683. The van der Waals surface area contributed by atoms with Gasteiger partial charge < -0.3 is 19.5 Å². The molecule has 18 heavy (non-hydrogen) atoms. The molecule has 2 saturated heterocycles. The van der Waals surface area contributed by atoms with Gasteiger partial charge in [0.25, 0.3) is 0 Å². The second-order valence-electron chi connectivity index (χ2n) is 5.44. The molecule has 1 spiro atoms. The van der Waals surface area contributed by atoms with Crippen LogP contribution in [0.5, 0.6) is 0 Å². The van der Waals surface area contributed by atoms with Gasteiger partial charge in [0.1, 0.15) is 5.60 Å².